The van der Waals surface area contributed by atoms with E-state index in [9.17, 15) is 5.11 Å². The second-order valence-corrected chi connectivity index (χ2v) is 4.60. The highest BCUT2D eigenvalue weighted by Gasteiger charge is 2.40. The Morgan fingerprint density at radius 3 is 2.00 bits per heavy atom. The van der Waals surface area contributed by atoms with Crippen LogP contribution in [-0.2, 0) is 0 Å². The molecule has 1 nitrogen and oxygen atoms in total. The van der Waals surface area contributed by atoms with Crippen LogP contribution in [0.2, 0.25) is 0 Å². The lowest BCUT2D eigenvalue weighted by molar-refractivity contribution is -0.0428. The van der Waals surface area contributed by atoms with Crippen molar-refractivity contribution in [3.05, 3.63) is 24.8 Å². The summed E-state index contributed by atoms with van der Waals surface area (Å²) < 4.78 is 0. The van der Waals surface area contributed by atoms with E-state index in [2.05, 4.69) is 6.58 Å². The Bertz CT molecular complexity index is 198. The Kier molecular flexibility index (Phi) is 3.92. The van der Waals surface area contributed by atoms with Crippen molar-refractivity contribution in [1.29, 1.82) is 0 Å². The highest BCUT2D eigenvalue weighted by atomic mass is 16.3. The number of aliphatic hydroxyl groups is 1. The number of hydrogen-bond acceptors (Lipinski definition) is 1. The molecule has 2 atom stereocenters. The zero-order chi connectivity index (χ0) is 10.7. The number of allylic oxidation sites excluding steroid dienone is 1. The normalized spacial score (nSPS) is 19.8. The maximum Gasteiger partial charge on any atom is 0.0935 e. The standard InChI is InChI=1S/C12H22O/c1-7-9-12(13,10(3)8-2)11(4,5)6/h7-10,13H,2H2,1,3-6H3/b9-7+/t10-,12-/m1/s1. The summed E-state index contributed by atoms with van der Waals surface area (Å²) in [5, 5.41) is 10.5. The van der Waals surface area contributed by atoms with Crippen LogP contribution >= 0.6 is 0 Å². The summed E-state index contributed by atoms with van der Waals surface area (Å²) in [5.74, 6) is 0.0590. The fourth-order valence-electron chi connectivity index (χ4n) is 1.52. The third-order valence-electron chi connectivity index (χ3n) is 2.67. The molecule has 0 fully saturated rings. The minimum Gasteiger partial charge on any atom is -0.385 e. The molecule has 0 heterocycles. The Labute approximate surface area is 82.2 Å². The maximum absolute atomic E-state index is 10.5. The molecule has 0 saturated carbocycles. The van der Waals surface area contributed by atoms with E-state index in [4.69, 9.17) is 0 Å². The molecule has 76 valence electrons. The zero-order valence-electron chi connectivity index (χ0n) is 9.46. The summed E-state index contributed by atoms with van der Waals surface area (Å²) in [6.45, 7) is 13.7. The summed E-state index contributed by atoms with van der Waals surface area (Å²) in [7, 11) is 0. The molecule has 0 saturated heterocycles. The first kappa shape index (κ1) is 12.4. The predicted octanol–water partition coefficient (Wildman–Crippen LogP) is 3.16. The van der Waals surface area contributed by atoms with Crippen LogP contribution in [0, 0.1) is 11.3 Å². The van der Waals surface area contributed by atoms with Crippen molar-refractivity contribution in [3.8, 4) is 0 Å². The molecule has 0 aliphatic heterocycles. The maximum atomic E-state index is 10.5. The fourth-order valence-corrected chi connectivity index (χ4v) is 1.52. The lowest BCUT2D eigenvalue weighted by Gasteiger charge is -2.41. The largest absolute Gasteiger partial charge is 0.385 e. The first-order chi connectivity index (χ1) is 5.79. The molecule has 0 unspecified atom stereocenters. The summed E-state index contributed by atoms with van der Waals surface area (Å²) in [6, 6.07) is 0. The fraction of sp³-hybridized carbons (Fsp3) is 0.667. The van der Waals surface area contributed by atoms with Crippen LogP contribution in [0.3, 0.4) is 0 Å². The second kappa shape index (κ2) is 4.10. The van der Waals surface area contributed by atoms with E-state index in [1.165, 1.54) is 0 Å². The quantitative estimate of drug-likeness (QED) is 0.665. The van der Waals surface area contributed by atoms with Crippen LogP contribution in [0.25, 0.3) is 0 Å². The number of hydrogen-bond donors (Lipinski definition) is 1. The molecule has 1 N–H and O–H groups in total. The third kappa shape index (κ3) is 2.44. The Morgan fingerprint density at radius 2 is 1.77 bits per heavy atom. The van der Waals surface area contributed by atoms with Crippen molar-refractivity contribution in [2.24, 2.45) is 11.3 Å². The monoisotopic (exact) mass is 182 g/mol. The Hall–Kier alpha value is -0.560. The highest BCUT2D eigenvalue weighted by molar-refractivity contribution is 5.12. The molecule has 0 aliphatic carbocycles. The molecular weight excluding hydrogens is 160 g/mol. The van der Waals surface area contributed by atoms with Crippen LogP contribution in [0.5, 0.6) is 0 Å². The van der Waals surface area contributed by atoms with E-state index in [-0.39, 0.29) is 11.3 Å². The van der Waals surface area contributed by atoms with Crippen molar-refractivity contribution in [2.45, 2.75) is 40.2 Å². The van der Waals surface area contributed by atoms with Crippen molar-refractivity contribution in [2.75, 3.05) is 0 Å². The minimum atomic E-state index is -0.802. The van der Waals surface area contributed by atoms with Crippen LogP contribution < -0.4 is 0 Å². The first-order valence-electron chi connectivity index (χ1n) is 4.78. The van der Waals surface area contributed by atoms with Crippen LogP contribution in [0.4, 0.5) is 0 Å². The molecule has 0 amide bonds. The van der Waals surface area contributed by atoms with Gasteiger partial charge in [0.1, 0.15) is 0 Å². The predicted molar refractivity (Wildman–Crippen MR) is 58.6 cm³/mol. The number of rotatable bonds is 3. The molecule has 0 aromatic carbocycles. The van der Waals surface area contributed by atoms with E-state index in [0.717, 1.165) is 0 Å². The van der Waals surface area contributed by atoms with Gasteiger partial charge in [-0.2, -0.15) is 0 Å². The van der Waals surface area contributed by atoms with E-state index in [1.54, 1.807) is 6.08 Å². The SMILES string of the molecule is C=C[C@@H](C)[C@](O)(/C=C/C)C(C)(C)C. The van der Waals surface area contributed by atoms with Gasteiger partial charge >= 0.3 is 0 Å². The lowest BCUT2D eigenvalue weighted by atomic mass is 9.69. The van der Waals surface area contributed by atoms with Crippen LogP contribution in [0.1, 0.15) is 34.6 Å². The van der Waals surface area contributed by atoms with Crippen molar-refractivity contribution >= 4 is 0 Å². The topological polar surface area (TPSA) is 20.2 Å². The highest BCUT2D eigenvalue weighted by Crippen LogP contribution is 2.38. The average Bonchev–Trinajstić information content (AvgIpc) is 2.01. The lowest BCUT2D eigenvalue weighted by Crippen LogP contribution is -2.45. The molecular formula is C12H22O. The van der Waals surface area contributed by atoms with Gasteiger partial charge in [0.05, 0.1) is 5.60 Å². The van der Waals surface area contributed by atoms with Gasteiger partial charge in [-0.15, -0.1) is 6.58 Å². The minimum absolute atomic E-state index is 0.0590. The molecule has 0 aromatic heterocycles. The molecule has 0 radical (unpaired) electrons. The Balaban J connectivity index is 5.06. The summed E-state index contributed by atoms with van der Waals surface area (Å²) in [4.78, 5) is 0. The van der Waals surface area contributed by atoms with Gasteiger partial charge < -0.3 is 5.11 Å². The van der Waals surface area contributed by atoms with Gasteiger partial charge in [-0.05, 0) is 12.3 Å². The van der Waals surface area contributed by atoms with E-state index < -0.39 is 5.60 Å². The second-order valence-electron chi connectivity index (χ2n) is 4.60. The van der Waals surface area contributed by atoms with Gasteiger partial charge in [-0.3, -0.25) is 0 Å². The average molecular weight is 182 g/mol. The third-order valence-corrected chi connectivity index (χ3v) is 2.67. The van der Waals surface area contributed by atoms with E-state index >= 15 is 0 Å². The summed E-state index contributed by atoms with van der Waals surface area (Å²) >= 11 is 0. The van der Waals surface area contributed by atoms with Crippen molar-refractivity contribution in [3.63, 3.8) is 0 Å². The van der Waals surface area contributed by atoms with E-state index in [1.807, 2.05) is 46.8 Å². The molecule has 0 aliphatic rings. The van der Waals surface area contributed by atoms with Gasteiger partial charge in [0.25, 0.3) is 0 Å². The molecule has 13 heavy (non-hydrogen) atoms. The van der Waals surface area contributed by atoms with Crippen LogP contribution in [-0.4, -0.2) is 10.7 Å². The van der Waals surface area contributed by atoms with Gasteiger partial charge in [0.15, 0.2) is 0 Å². The molecule has 1 heteroatoms. The molecule has 0 rings (SSSR count). The van der Waals surface area contributed by atoms with Gasteiger partial charge in [0.2, 0.25) is 0 Å². The zero-order valence-corrected chi connectivity index (χ0v) is 9.46. The van der Waals surface area contributed by atoms with Crippen molar-refractivity contribution < 1.29 is 5.11 Å². The smallest absolute Gasteiger partial charge is 0.0935 e. The van der Waals surface area contributed by atoms with Crippen LogP contribution in [0.15, 0.2) is 24.8 Å². The molecule has 0 spiro atoms. The molecule has 0 bridgehead atoms. The van der Waals surface area contributed by atoms with Gasteiger partial charge in [0, 0.05) is 5.92 Å². The van der Waals surface area contributed by atoms with Gasteiger partial charge in [-0.1, -0.05) is 45.9 Å². The van der Waals surface area contributed by atoms with E-state index in [0.29, 0.717) is 0 Å². The van der Waals surface area contributed by atoms with Crippen molar-refractivity contribution in [1.82, 2.24) is 0 Å². The summed E-state index contributed by atoms with van der Waals surface area (Å²) in [6.07, 6.45) is 5.55. The Morgan fingerprint density at radius 1 is 1.31 bits per heavy atom. The summed E-state index contributed by atoms with van der Waals surface area (Å²) in [5.41, 5.74) is -0.976. The molecule has 0 aromatic rings. The van der Waals surface area contributed by atoms with Gasteiger partial charge in [-0.25, -0.2) is 0 Å². The first-order valence-corrected chi connectivity index (χ1v) is 4.78.